The number of hydrogen-bond donors (Lipinski definition) is 0. The van der Waals surface area contributed by atoms with Gasteiger partial charge in [0.25, 0.3) is 0 Å². The molecule has 0 saturated heterocycles. The highest BCUT2D eigenvalue weighted by atomic mass is 35.5. The molecule has 0 spiro atoms. The second-order valence-electron chi connectivity index (χ2n) is 5.66. The summed E-state index contributed by atoms with van der Waals surface area (Å²) in [6.07, 6.45) is 7.51. The molecule has 1 aliphatic carbocycles. The van der Waals surface area contributed by atoms with Gasteiger partial charge in [-0.15, -0.1) is 22.9 Å². The zero-order valence-electron chi connectivity index (χ0n) is 12.0. The maximum atomic E-state index is 6.69. The monoisotopic (exact) mass is 304 g/mol. The predicted molar refractivity (Wildman–Crippen MR) is 89.1 cm³/mol. The summed E-state index contributed by atoms with van der Waals surface area (Å²) >= 11 is 8.61. The van der Waals surface area contributed by atoms with Crippen LogP contribution in [0.2, 0.25) is 0 Å². The Morgan fingerprint density at radius 2 is 1.90 bits per heavy atom. The fourth-order valence-corrected chi connectivity index (χ4v) is 4.55. The number of halogens is 1. The second kappa shape index (κ2) is 6.32. The largest absolute Gasteiger partial charge is 0.143 e. The lowest BCUT2D eigenvalue weighted by Crippen LogP contribution is -1.96. The van der Waals surface area contributed by atoms with E-state index < -0.39 is 0 Å². The molecule has 0 bridgehead atoms. The first-order chi connectivity index (χ1) is 9.78. The van der Waals surface area contributed by atoms with Gasteiger partial charge in [-0.2, -0.15) is 0 Å². The van der Waals surface area contributed by atoms with E-state index >= 15 is 0 Å². The summed E-state index contributed by atoms with van der Waals surface area (Å²) in [5, 5.41) is 0.0151. The highest BCUT2D eigenvalue weighted by molar-refractivity contribution is 7.12. The Morgan fingerprint density at radius 3 is 2.60 bits per heavy atom. The second-order valence-corrected chi connectivity index (χ2v) is 7.26. The first-order valence-electron chi connectivity index (χ1n) is 7.62. The van der Waals surface area contributed by atoms with E-state index in [1.165, 1.54) is 48.1 Å². The van der Waals surface area contributed by atoms with Gasteiger partial charge in [0.15, 0.2) is 0 Å². The Hall–Kier alpha value is -0.790. The number of hydrogen-bond acceptors (Lipinski definition) is 1. The fraction of sp³-hybridized carbons (Fsp3) is 0.444. The van der Waals surface area contributed by atoms with Crippen molar-refractivity contribution in [3.8, 4) is 0 Å². The van der Waals surface area contributed by atoms with Gasteiger partial charge in [-0.3, -0.25) is 0 Å². The normalized spacial score (nSPS) is 15.9. The molecule has 1 aromatic carbocycles. The minimum Gasteiger partial charge on any atom is -0.143 e. The molecule has 0 N–H and O–H groups in total. The average molecular weight is 305 g/mol. The lowest BCUT2D eigenvalue weighted by atomic mass is 9.98. The van der Waals surface area contributed by atoms with Crippen LogP contribution < -0.4 is 0 Å². The van der Waals surface area contributed by atoms with Gasteiger partial charge in [0, 0.05) is 9.75 Å². The summed E-state index contributed by atoms with van der Waals surface area (Å²) in [6, 6.07) is 11.2. The van der Waals surface area contributed by atoms with E-state index in [9.17, 15) is 0 Å². The Labute approximate surface area is 130 Å². The van der Waals surface area contributed by atoms with Crippen LogP contribution in [0.1, 0.15) is 58.0 Å². The minimum absolute atomic E-state index is 0.0151. The van der Waals surface area contributed by atoms with E-state index in [1.54, 1.807) is 10.4 Å². The molecule has 3 rings (SSSR count). The van der Waals surface area contributed by atoms with E-state index in [2.05, 4.69) is 37.3 Å². The van der Waals surface area contributed by atoms with Crippen molar-refractivity contribution in [1.82, 2.24) is 0 Å². The molecule has 0 fully saturated rings. The molecule has 1 aliphatic rings. The number of fused-ring (bicyclic) bond motifs is 1. The van der Waals surface area contributed by atoms with Gasteiger partial charge in [0.05, 0.1) is 5.38 Å². The highest BCUT2D eigenvalue weighted by Crippen LogP contribution is 2.38. The van der Waals surface area contributed by atoms with Gasteiger partial charge in [-0.25, -0.2) is 0 Å². The molecule has 0 amide bonds. The SMILES string of the molecule is CCCc1ccc(C(Cl)c2cc3c(s2)CCCC3)cc1. The van der Waals surface area contributed by atoms with Crippen LogP contribution >= 0.6 is 22.9 Å². The van der Waals surface area contributed by atoms with Gasteiger partial charge in [-0.05, 0) is 54.9 Å². The van der Waals surface area contributed by atoms with Gasteiger partial charge < -0.3 is 0 Å². The maximum absolute atomic E-state index is 6.69. The van der Waals surface area contributed by atoms with Gasteiger partial charge in [0.2, 0.25) is 0 Å². The van der Waals surface area contributed by atoms with Crippen molar-refractivity contribution in [3.05, 3.63) is 56.8 Å². The lowest BCUT2D eigenvalue weighted by molar-refractivity contribution is 0.697. The number of benzene rings is 1. The summed E-state index contributed by atoms with van der Waals surface area (Å²) < 4.78 is 0. The maximum Gasteiger partial charge on any atom is 0.0927 e. The van der Waals surface area contributed by atoms with E-state index in [4.69, 9.17) is 11.6 Å². The molecule has 1 heterocycles. The van der Waals surface area contributed by atoms with Crippen LogP contribution in [0.4, 0.5) is 0 Å². The minimum atomic E-state index is 0.0151. The Kier molecular flexibility index (Phi) is 4.48. The number of thiophene rings is 1. The quantitative estimate of drug-likeness (QED) is 0.616. The fourth-order valence-electron chi connectivity index (χ4n) is 2.94. The van der Waals surface area contributed by atoms with E-state index in [0.717, 1.165) is 6.42 Å². The Morgan fingerprint density at radius 1 is 1.15 bits per heavy atom. The third-order valence-corrected chi connectivity index (χ3v) is 5.99. The zero-order chi connectivity index (χ0) is 13.9. The van der Waals surface area contributed by atoms with Crippen molar-refractivity contribution in [3.63, 3.8) is 0 Å². The molecule has 2 heteroatoms. The van der Waals surface area contributed by atoms with Crippen LogP contribution in [0, 0.1) is 0 Å². The zero-order valence-corrected chi connectivity index (χ0v) is 13.6. The summed E-state index contributed by atoms with van der Waals surface area (Å²) in [4.78, 5) is 2.89. The van der Waals surface area contributed by atoms with Crippen LogP contribution in [-0.4, -0.2) is 0 Å². The van der Waals surface area contributed by atoms with E-state index in [1.807, 2.05) is 11.3 Å². The lowest BCUT2D eigenvalue weighted by Gasteiger charge is -2.08. The molecule has 106 valence electrons. The molecule has 20 heavy (non-hydrogen) atoms. The van der Waals surface area contributed by atoms with Crippen molar-refractivity contribution in [2.24, 2.45) is 0 Å². The molecule has 1 aromatic heterocycles. The average Bonchev–Trinajstić information content (AvgIpc) is 2.91. The summed E-state index contributed by atoms with van der Waals surface area (Å²) in [5.41, 5.74) is 4.18. The summed E-state index contributed by atoms with van der Waals surface area (Å²) in [7, 11) is 0. The topological polar surface area (TPSA) is 0 Å². The van der Waals surface area contributed by atoms with Crippen molar-refractivity contribution in [2.45, 2.75) is 50.8 Å². The molecule has 0 saturated carbocycles. The molecule has 2 aromatic rings. The number of aryl methyl sites for hydroxylation is 3. The third kappa shape index (κ3) is 2.94. The standard InChI is InChI=1S/C18H21ClS/c1-2-5-13-8-10-14(11-9-13)18(19)17-12-15-6-3-4-7-16(15)20-17/h8-12,18H,2-7H2,1H3. The van der Waals surface area contributed by atoms with Crippen LogP contribution in [-0.2, 0) is 19.3 Å². The molecule has 0 nitrogen and oxygen atoms in total. The molecular formula is C18H21ClS. The Balaban J connectivity index is 1.80. The van der Waals surface area contributed by atoms with Gasteiger partial charge >= 0.3 is 0 Å². The van der Waals surface area contributed by atoms with E-state index in [0.29, 0.717) is 0 Å². The van der Waals surface area contributed by atoms with Gasteiger partial charge in [-0.1, -0.05) is 37.6 Å². The molecule has 1 atom stereocenters. The molecule has 1 unspecified atom stereocenters. The smallest absolute Gasteiger partial charge is 0.0927 e. The third-order valence-electron chi connectivity index (χ3n) is 4.08. The molecule has 0 radical (unpaired) electrons. The summed E-state index contributed by atoms with van der Waals surface area (Å²) in [6.45, 7) is 2.22. The number of alkyl halides is 1. The van der Waals surface area contributed by atoms with E-state index in [-0.39, 0.29) is 5.38 Å². The number of rotatable bonds is 4. The Bertz CT molecular complexity index is 544. The molecular weight excluding hydrogens is 284 g/mol. The van der Waals surface area contributed by atoms with Crippen LogP contribution in [0.15, 0.2) is 30.3 Å². The van der Waals surface area contributed by atoms with Crippen molar-refractivity contribution in [2.75, 3.05) is 0 Å². The highest BCUT2D eigenvalue weighted by Gasteiger charge is 2.18. The molecule has 0 aliphatic heterocycles. The summed E-state index contributed by atoms with van der Waals surface area (Å²) in [5.74, 6) is 0. The van der Waals surface area contributed by atoms with Crippen LogP contribution in [0.3, 0.4) is 0 Å². The first kappa shape index (κ1) is 14.2. The predicted octanol–water partition coefficient (Wildman–Crippen LogP) is 5.91. The van der Waals surface area contributed by atoms with Crippen LogP contribution in [0.25, 0.3) is 0 Å². The van der Waals surface area contributed by atoms with Crippen LogP contribution in [0.5, 0.6) is 0 Å². The van der Waals surface area contributed by atoms with Crippen molar-refractivity contribution < 1.29 is 0 Å². The van der Waals surface area contributed by atoms with Crippen molar-refractivity contribution in [1.29, 1.82) is 0 Å². The first-order valence-corrected chi connectivity index (χ1v) is 8.87. The van der Waals surface area contributed by atoms with Crippen molar-refractivity contribution >= 4 is 22.9 Å². The van der Waals surface area contributed by atoms with Gasteiger partial charge in [0.1, 0.15) is 0 Å².